The highest BCUT2D eigenvalue weighted by molar-refractivity contribution is 6.19. The highest BCUT2D eigenvalue weighted by atomic mass is 16.3. The van der Waals surface area contributed by atoms with Crippen molar-refractivity contribution in [1.82, 2.24) is 9.13 Å². The smallest absolute Gasteiger partial charge is 0.139 e. The first-order valence-electron chi connectivity index (χ1n) is 23.8. The number of aryl methyl sites for hydroxylation is 2. The van der Waals surface area contributed by atoms with Gasteiger partial charge in [0.15, 0.2) is 0 Å². The second-order valence-corrected chi connectivity index (χ2v) is 18.7. The molecule has 0 aliphatic rings. The van der Waals surface area contributed by atoms with Crippen LogP contribution in [0.5, 0.6) is 0 Å². The van der Waals surface area contributed by atoms with Gasteiger partial charge in [0.25, 0.3) is 0 Å². The molecule has 4 heterocycles. The van der Waals surface area contributed by atoms with E-state index in [4.69, 9.17) is 8.83 Å². The van der Waals surface area contributed by atoms with Crippen molar-refractivity contribution in [2.24, 2.45) is 14.1 Å². The van der Waals surface area contributed by atoms with Gasteiger partial charge in [-0.05, 0) is 149 Å². The van der Waals surface area contributed by atoms with E-state index in [1.165, 1.54) is 43.6 Å². The van der Waals surface area contributed by atoms with Crippen LogP contribution in [0.1, 0.15) is 0 Å². The third-order valence-electron chi connectivity index (χ3n) is 14.8. The number of para-hydroxylation sites is 4. The van der Waals surface area contributed by atoms with Crippen molar-refractivity contribution in [3.8, 4) is 0 Å². The van der Waals surface area contributed by atoms with Gasteiger partial charge >= 0.3 is 0 Å². The molecule has 0 aliphatic heterocycles. The Balaban J connectivity index is 0.820. The fraction of sp³-hybridized carbons (Fsp3) is 0.0312. The highest BCUT2D eigenvalue weighted by Gasteiger charge is 2.20. The lowest BCUT2D eigenvalue weighted by atomic mass is 10.0. The lowest BCUT2D eigenvalue weighted by Gasteiger charge is -2.26. The molecule has 0 saturated carbocycles. The van der Waals surface area contributed by atoms with E-state index in [1.54, 1.807) is 0 Å². The van der Waals surface area contributed by atoms with Crippen molar-refractivity contribution in [3.63, 3.8) is 0 Å². The molecular weight excluding hydrogens is 857 g/mol. The minimum atomic E-state index is 0.805. The lowest BCUT2D eigenvalue weighted by molar-refractivity contribution is 0.656. The Bertz CT molecular complexity index is 4340. The molecule has 0 amide bonds. The summed E-state index contributed by atoms with van der Waals surface area (Å²) in [6.45, 7) is 0. The lowest BCUT2D eigenvalue weighted by Crippen LogP contribution is -2.09. The molecule has 6 heteroatoms. The van der Waals surface area contributed by atoms with E-state index in [1.807, 2.05) is 0 Å². The summed E-state index contributed by atoms with van der Waals surface area (Å²) >= 11 is 0. The number of fused-ring (bicyclic) bond motifs is 14. The van der Waals surface area contributed by atoms with Crippen molar-refractivity contribution in [1.29, 1.82) is 0 Å². The minimum absolute atomic E-state index is 0.805. The first-order chi connectivity index (χ1) is 34.5. The predicted molar refractivity (Wildman–Crippen MR) is 293 cm³/mol. The molecule has 0 N–H and O–H groups in total. The molecule has 0 aliphatic carbocycles. The van der Waals surface area contributed by atoms with Gasteiger partial charge in [-0.15, -0.1) is 0 Å². The Kier molecular flexibility index (Phi) is 8.10. The third-order valence-corrected chi connectivity index (χ3v) is 14.8. The van der Waals surface area contributed by atoms with Gasteiger partial charge in [0.2, 0.25) is 0 Å². The number of hydrogen-bond donors (Lipinski definition) is 0. The van der Waals surface area contributed by atoms with E-state index >= 15 is 0 Å². The topological polar surface area (TPSA) is 42.6 Å². The Morgan fingerprint density at radius 2 is 0.629 bits per heavy atom. The molecule has 0 saturated heterocycles. The summed E-state index contributed by atoms with van der Waals surface area (Å²) in [7, 11) is 4.29. The van der Waals surface area contributed by atoms with Crippen LogP contribution in [0.3, 0.4) is 0 Å². The third kappa shape index (κ3) is 5.74. The van der Waals surface area contributed by atoms with Gasteiger partial charge in [0.05, 0.1) is 0 Å². The minimum Gasteiger partial charge on any atom is -0.456 e. The molecule has 0 bridgehead atoms. The number of rotatable bonds is 6. The Hall–Kier alpha value is -9.26. The molecule has 4 aromatic heterocycles. The second-order valence-electron chi connectivity index (χ2n) is 18.7. The van der Waals surface area contributed by atoms with E-state index < -0.39 is 0 Å². The van der Waals surface area contributed by atoms with Crippen molar-refractivity contribution >= 4 is 143 Å². The molecule has 0 atom stereocenters. The molecule has 70 heavy (non-hydrogen) atoms. The van der Waals surface area contributed by atoms with Crippen LogP contribution in [-0.2, 0) is 14.1 Å². The quantitative estimate of drug-likeness (QED) is 0.167. The van der Waals surface area contributed by atoms with E-state index in [0.717, 1.165) is 99.5 Å². The van der Waals surface area contributed by atoms with Crippen LogP contribution in [0, 0.1) is 0 Å². The average Bonchev–Trinajstić information content (AvgIpc) is 4.11. The fourth-order valence-electron chi connectivity index (χ4n) is 11.4. The van der Waals surface area contributed by atoms with Gasteiger partial charge in [-0.3, -0.25) is 0 Å². The zero-order valence-corrected chi connectivity index (χ0v) is 38.4. The van der Waals surface area contributed by atoms with Crippen LogP contribution in [0.15, 0.2) is 227 Å². The number of nitrogens with zero attached hydrogens (tertiary/aromatic N) is 4. The SMILES string of the molecule is Cn1c2ccccc2c2cc(N(c3ccccc3)c3ccc4cc5c(cc4c3)oc3cc4oc6cc7cc(N(c8ccccc8)c8ccc9c(c8)c8ccccc8n9C)ccc7cc6c4cc35)ccc21. The maximum absolute atomic E-state index is 6.70. The van der Waals surface area contributed by atoms with Crippen LogP contribution in [0.4, 0.5) is 34.1 Å². The molecule has 330 valence electrons. The summed E-state index contributed by atoms with van der Waals surface area (Å²) in [5.41, 5.74) is 14.7. The van der Waals surface area contributed by atoms with Crippen molar-refractivity contribution in [2.75, 3.05) is 9.80 Å². The summed E-state index contributed by atoms with van der Waals surface area (Å²) in [4.78, 5) is 4.69. The summed E-state index contributed by atoms with van der Waals surface area (Å²) in [5.74, 6) is 0. The maximum atomic E-state index is 6.70. The molecule has 6 nitrogen and oxygen atoms in total. The number of furan rings is 2. The fourth-order valence-corrected chi connectivity index (χ4v) is 11.4. The molecule has 0 spiro atoms. The van der Waals surface area contributed by atoms with Crippen molar-refractivity contribution in [3.05, 3.63) is 218 Å². The molecule has 0 radical (unpaired) electrons. The Morgan fingerprint density at radius 1 is 0.257 bits per heavy atom. The number of hydrogen-bond acceptors (Lipinski definition) is 4. The molecule has 0 fully saturated rings. The average molecular weight is 899 g/mol. The van der Waals surface area contributed by atoms with E-state index in [9.17, 15) is 0 Å². The van der Waals surface area contributed by atoms with Crippen LogP contribution in [-0.4, -0.2) is 9.13 Å². The van der Waals surface area contributed by atoms with Crippen LogP contribution in [0.25, 0.3) is 109 Å². The normalized spacial score (nSPS) is 12.1. The van der Waals surface area contributed by atoms with Gasteiger partial charge in [-0.25, -0.2) is 0 Å². The molecule has 15 rings (SSSR count). The standard InChI is InChI=1S/C64H42N4O2/c1-65-57-19-11-9-17-49(57)51-35-47(25-27-59(51)65)67(43-13-5-3-6-14-43)45-23-21-39-31-53-55-37-56-54-32-40-22-24-46(30-42(40)34-62(54)70-64(56)38-63(55)69-61(53)33-41(39)29-45)68(44-15-7-4-8-16-44)48-26-28-60-52(36-48)50-18-10-12-20-58(50)66(60)2/h3-38H,1-2H3. The molecule has 11 aromatic carbocycles. The summed E-state index contributed by atoms with van der Waals surface area (Å²) in [6, 6.07) is 78.9. The van der Waals surface area contributed by atoms with Crippen molar-refractivity contribution < 1.29 is 8.83 Å². The van der Waals surface area contributed by atoms with Crippen LogP contribution in [0.2, 0.25) is 0 Å². The maximum Gasteiger partial charge on any atom is 0.139 e. The van der Waals surface area contributed by atoms with Gasteiger partial charge in [-0.2, -0.15) is 0 Å². The first-order valence-corrected chi connectivity index (χ1v) is 23.8. The van der Waals surface area contributed by atoms with Crippen LogP contribution >= 0.6 is 0 Å². The number of benzene rings is 11. The van der Waals surface area contributed by atoms with E-state index in [0.29, 0.717) is 0 Å². The highest BCUT2D eigenvalue weighted by Crippen LogP contribution is 2.44. The predicted octanol–water partition coefficient (Wildman–Crippen LogP) is 18.0. The monoisotopic (exact) mass is 898 g/mol. The van der Waals surface area contributed by atoms with Crippen LogP contribution < -0.4 is 9.80 Å². The van der Waals surface area contributed by atoms with Gasteiger partial charge in [-0.1, -0.05) is 84.9 Å². The summed E-state index contributed by atoms with van der Waals surface area (Å²) in [5, 5.41) is 13.8. The molecule has 15 aromatic rings. The Morgan fingerprint density at radius 3 is 1.10 bits per heavy atom. The largest absolute Gasteiger partial charge is 0.456 e. The van der Waals surface area contributed by atoms with Crippen molar-refractivity contribution in [2.45, 2.75) is 0 Å². The molecular formula is C64H42N4O2. The van der Waals surface area contributed by atoms with E-state index in [-0.39, 0.29) is 0 Å². The number of aromatic nitrogens is 2. The second kappa shape index (κ2) is 14.6. The zero-order chi connectivity index (χ0) is 46.2. The van der Waals surface area contributed by atoms with Gasteiger partial charge in [0, 0.05) is 119 Å². The summed E-state index contributed by atoms with van der Waals surface area (Å²) < 4.78 is 18.0. The zero-order valence-electron chi connectivity index (χ0n) is 38.4. The van der Waals surface area contributed by atoms with E-state index in [2.05, 4.69) is 251 Å². The number of anilines is 6. The Labute approximate surface area is 401 Å². The first kappa shape index (κ1) is 38.8. The summed E-state index contributed by atoms with van der Waals surface area (Å²) in [6.07, 6.45) is 0. The van der Waals surface area contributed by atoms with Gasteiger partial charge in [0.1, 0.15) is 22.3 Å². The van der Waals surface area contributed by atoms with Gasteiger partial charge < -0.3 is 27.8 Å². The molecule has 0 unspecified atom stereocenters.